The van der Waals surface area contributed by atoms with Crippen molar-refractivity contribution in [1.82, 2.24) is 19.9 Å². The van der Waals surface area contributed by atoms with E-state index in [4.69, 9.17) is 5.73 Å². The fourth-order valence-electron chi connectivity index (χ4n) is 1.11. The van der Waals surface area contributed by atoms with Gasteiger partial charge in [0.15, 0.2) is 11.5 Å². The van der Waals surface area contributed by atoms with E-state index < -0.39 is 8.07 Å². The van der Waals surface area contributed by atoms with Crippen molar-refractivity contribution in [2.24, 2.45) is 0 Å². The molecule has 2 rings (SSSR count). The predicted octanol–water partition coefficient (Wildman–Crippen LogP) is 0.787. The van der Waals surface area contributed by atoms with E-state index in [0.717, 1.165) is 4.83 Å². The summed E-state index contributed by atoms with van der Waals surface area (Å²) in [6, 6.07) is 0. The van der Waals surface area contributed by atoms with Crippen molar-refractivity contribution >= 4 is 31.0 Å². The van der Waals surface area contributed by atoms with Crippen LogP contribution in [0.5, 0.6) is 0 Å². The first-order valence-corrected chi connectivity index (χ1v) is 6.41. The van der Waals surface area contributed by atoms with E-state index in [1.54, 1.807) is 0 Å². The normalized spacial score (nSPS) is 11.2. The second kappa shape index (κ2) is 3.60. The van der Waals surface area contributed by atoms with Crippen LogP contribution in [-0.2, 0) is 0 Å². The van der Waals surface area contributed by atoms with Crippen molar-refractivity contribution in [2.75, 3.05) is 23.9 Å². The Balaban J connectivity index is 2.53. The van der Waals surface area contributed by atoms with E-state index in [-0.39, 0.29) is 11.8 Å². The van der Waals surface area contributed by atoms with Gasteiger partial charge in [-0.05, 0) is 13.3 Å². The van der Waals surface area contributed by atoms with Crippen molar-refractivity contribution in [1.29, 1.82) is 0 Å². The smallest absolute Gasteiger partial charge is 0.257 e. The average molecular weight is 226 g/mol. The zero-order valence-corrected chi connectivity index (χ0v) is 9.23. The van der Waals surface area contributed by atoms with Crippen LogP contribution in [0.2, 0.25) is 0 Å². The average Bonchev–Trinajstić information content (AvgIpc) is 2.64. The molecule has 0 spiro atoms. The third kappa shape index (κ3) is 1.71. The molecule has 80 valence electrons. The molecular weight excluding hydrogens is 215 g/mol. The number of nitrogen functional groups attached to an aromatic ring is 1. The Morgan fingerprint density at radius 2 is 2.20 bits per heavy atom. The Hall–Kier alpha value is -1.46. The van der Waals surface area contributed by atoms with Gasteiger partial charge in [-0.2, -0.15) is 9.97 Å². The minimum Gasteiger partial charge on any atom is -0.382 e. The number of aromatic amines is 1. The van der Waals surface area contributed by atoms with Crippen molar-refractivity contribution in [3.8, 4) is 0 Å². The van der Waals surface area contributed by atoms with Crippen LogP contribution >= 0.6 is 8.07 Å². The molecule has 0 unspecified atom stereocenters. The van der Waals surface area contributed by atoms with Crippen LogP contribution in [0.4, 0.5) is 11.8 Å². The Labute approximate surface area is 87.1 Å². The summed E-state index contributed by atoms with van der Waals surface area (Å²) in [6.45, 7) is 3.76. The topological polar surface area (TPSA) is 104 Å². The molecule has 0 amide bonds. The van der Waals surface area contributed by atoms with E-state index in [0.29, 0.717) is 11.2 Å². The molecular formula is C7H11N6OP. The van der Waals surface area contributed by atoms with Crippen LogP contribution in [0.15, 0.2) is 6.33 Å². The van der Waals surface area contributed by atoms with E-state index in [1.807, 2.05) is 13.3 Å². The summed E-state index contributed by atoms with van der Waals surface area (Å²) >= 11 is 0. The highest BCUT2D eigenvalue weighted by Crippen LogP contribution is 2.33. The number of hydrogen-bond donors (Lipinski definition) is 3. The van der Waals surface area contributed by atoms with Crippen LogP contribution in [0.3, 0.4) is 0 Å². The van der Waals surface area contributed by atoms with Gasteiger partial charge in [0.25, 0.3) is 5.95 Å². The molecule has 15 heavy (non-hydrogen) atoms. The van der Waals surface area contributed by atoms with E-state index in [1.165, 1.54) is 6.33 Å². The van der Waals surface area contributed by atoms with Gasteiger partial charge in [0.05, 0.1) is 6.33 Å². The molecule has 0 saturated carbocycles. The van der Waals surface area contributed by atoms with Gasteiger partial charge in [-0.1, -0.05) is 0 Å². The largest absolute Gasteiger partial charge is 0.382 e. The number of fused-ring (bicyclic) bond motifs is 1. The predicted molar refractivity (Wildman–Crippen MR) is 59.1 cm³/mol. The maximum Gasteiger partial charge on any atom is 0.257 e. The Morgan fingerprint density at radius 3 is 2.87 bits per heavy atom. The van der Waals surface area contributed by atoms with Crippen LogP contribution in [0.1, 0.15) is 0 Å². The van der Waals surface area contributed by atoms with Gasteiger partial charge in [-0.3, -0.25) is 5.21 Å². The second-order valence-corrected chi connectivity index (χ2v) is 5.22. The van der Waals surface area contributed by atoms with Gasteiger partial charge in [0, 0.05) is 8.07 Å². The molecule has 0 bridgehead atoms. The molecule has 0 saturated heterocycles. The van der Waals surface area contributed by atoms with Gasteiger partial charge in [-0.15, -0.1) is 0 Å². The number of nitrogens with one attached hydrogen (secondary N) is 1. The van der Waals surface area contributed by atoms with Crippen LogP contribution in [0.25, 0.3) is 11.2 Å². The van der Waals surface area contributed by atoms with Crippen LogP contribution in [0, 0.1) is 0 Å². The lowest BCUT2D eigenvalue weighted by molar-refractivity contribution is 0.321. The number of nitrogens with two attached hydrogens (primary N) is 1. The van der Waals surface area contributed by atoms with E-state index in [9.17, 15) is 5.21 Å². The minimum absolute atomic E-state index is 0.195. The quantitative estimate of drug-likeness (QED) is 0.516. The van der Waals surface area contributed by atoms with Crippen molar-refractivity contribution in [2.45, 2.75) is 0 Å². The Bertz CT molecular complexity index is 483. The lowest BCUT2D eigenvalue weighted by Gasteiger charge is -2.18. The molecule has 8 heteroatoms. The van der Waals surface area contributed by atoms with Crippen molar-refractivity contribution in [3.63, 3.8) is 0 Å². The molecule has 4 N–H and O–H groups in total. The number of aromatic nitrogens is 4. The van der Waals surface area contributed by atoms with E-state index in [2.05, 4.69) is 19.9 Å². The lowest BCUT2D eigenvalue weighted by Crippen LogP contribution is -2.14. The highest BCUT2D eigenvalue weighted by Gasteiger charge is 2.14. The molecule has 0 fully saturated rings. The second-order valence-electron chi connectivity index (χ2n) is 3.15. The zero-order chi connectivity index (χ0) is 11.0. The number of rotatable bonds is 2. The maximum atomic E-state index is 9.67. The highest BCUT2D eigenvalue weighted by atomic mass is 31.1. The molecule has 0 aliphatic rings. The molecule has 2 aromatic rings. The number of nitrogens with zero attached hydrogens (tertiary/aromatic N) is 4. The fraction of sp³-hybridized carbons (Fsp3) is 0.286. The lowest BCUT2D eigenvalue weighted by atomic mass is 10.5. The van der Waals surface area contributed by atoms with E-state index >= 15 is 0 Å². The molecule has 0 aromatic carbocycles. The molecule has 2 aromatic heterocycles. The van der Waals surface area contributed by atoms with Gasteiger partial charge in [0.1, 0.15) is 5.52 Å². The van der Waals surface area contributed by atoms with Gasteiger partial charge in [-0.25, -0.2) is 9.82 Å². The van der Waals surface area contributed by atoms with Gasteiger partial charge in [0.2, 0.25) is 0 Å². The molecule has 7 nitrogen and oxygen atoms in total. The third-order valence-electron chi connectivity index (χ3n) is 1.85. The maximum absolute atomic E-state index is 9.67. The summed E-state index contributed by atoms with van der Waals surface area (Å²) in [5.41, 5.74) is 6.71. The summed E-state index contributed by atoms with van der Waals surface area (Å²) in [4.78, 5) is 15.9. The summed E-state index contributed by atoms with van der Waals surface area (Å²) in [7, 11) is -0.717. The number of anilines is 2. The first-order chi connectivity index (χ1) is 7.09. The third-order valence-corrected chi connectivity index (χ3v) is 2.79. The Kier molecular flexibility index (Phi) is 2.42. The Morgan fingerprint density at radius 1 is 1.47 bits per heavy atom. The summed E-state index contributed by atoms with van der Waals surface area (Å²) in [5, 5.41) is 9.67. The SMILES string of the molecule is CP(C)N(O)c1nc(N)c2nc[nH]c2n1. The highest BCUT2D eigenvalue weighted by molar-refractivity contribution is 7.57. The minimum atomic E-state index is -0.717. The first-order valence-electron chi connectivity index (χ1n) is 4.22. The molecule has 0 aliphatic heterocycles. The summed E-state index contributed by atoms with van der Waals surface area (Å²) < 4.78 is 0. The van der Waals surface area contributed by atoms with Crippen LogP contribution in [-0.4, -0.2) is 38.5 Å². The monoisotopic (exact) mass is 226 g/mol. The van der Waals surface area contributed by atoms with Crippen LogP contribution < -0.4 is 10.6 Å². The molecule has 0 atom stereocenters. The standard InChI is InChI=1S/C7H11N6OP/c1-15(2)13(14)7-11-5(8)4-6(12-7)10-3-9-4/h3,14H,1-2H3,(H3,8,9,10,11,12). The van der Waals surface area contributed by atoms with Crippen molar-refractivity contribution < 1.29 is 5.21 Å². The number of imidazole rings is 1. The first kappa shape index (κ1) is 10.1. The fourth-order valence-corrected chi connectivity index (χ4v) is 1.56. The number of H-pyrrole nitrogens is 1. The van der Waals surface area contributed by atoms with Crippen molar-refractivity contribution in [3.05, 3.63) is 6.33 Å². The van der Waals surface area contributed by atoms with Gasteiger partial charge >= 0.3 is 0 Å². The molecule has 2 heterocycles. The summed E-state index contributed by atoms with van der Waals surface area (Å²) in [5.74, 6) is 0.451. The summed E-state index contributed by atoms with van der Waals surface area (Å²) in [6.07, 6.45) is 1.49. The number of hydrogen-bond acceptors (Lipinski definition) is 6. The zero-order valence-electron chi connectivity index (χ0n) is 8.34. The molecule has 0 aliphatic carbocycles. The van der Waals surface area contributed by atoms with Gasteiger partial charge < -0.3 is 10.7 Å². The molecule has 0 radical (unpaired) electrons.